The number of rotatable bonds is 10. The number of fused-ring (bicyclic) bond motifs is 1. The summed E-state index contributed by atoms with van der Waals surface area (Å²) in [6, 6.07) is 12.7. The van der Waals surface area contributed by atoms with Crippen LogP contribution in [0.4, 0.5) is 11.8 Å². The third kappa shape index (κ3) is 5.88. The smallest absolute Gasteiger partial charge is 0.225 e. The topological polar surface area (TPSA) is 80.8 Å². The molecular weight excluding hydrogens is 442 g/mol. The molecule has 8 nitrogen and oxygen atoms in total. The van der Waals surface area contributed by atoms with Crippen molar-refractivity contribution in [2.45, 2.75) is 38.3 Å². The normalized spacial score (nSPS) is 17.7. The maximum Gasteiger partial charge on any atom is 0.225 e. The molecular formula is C27H37N5O3. The third-order valence-electron chi connectivity index (χ3n) is 6.72. The van der Waals surface area contributed by atoms with E-state index < -0.39 is 0 Å². The molecule has 0 atom stereocenters. The van der Waals surface area contributed by atoms with Crippen LogP contribution in [0.2, 0.25) is 0 Å². The number of anilines is 2. The summed E-state index contributed by atoms with van der Waals surface area (Å²) in [4.78, 5) is 11.5. The number of hydrogen-bond donors (Lipinski definition) is 2. The first-order chi connectivity index (χ1) is 17.0. The van der Waals surface area contributed by atoms with Crippen LogP contribution in [-0.2, 0) is 6.54 Å². The van der Waals surface area contributed by atoms with Gasteiger partial charge in [0, 0.05) is 38.6 Å². The zero-order valence-corrected chi connectivity index (χ0v) is 21.4. The summed E-state index contributed by atoms with van der Waals surface area (Å²) in [7, 11) is 8.96. The van der Waals surface area contributed by atoms with E-state index in [1.165, 1.54) is 12.8 Å². The fourth-order valence-electron chi connectivity index (χ4n) is 4.79. The first-order valence-corrected chi connectivity index (χ1v) is 12.2. The highest BCUT2D eigenvalue weighted by Crippen LogP contribution is 2.38. The predicted octanol–water partition coefficient (Wildman–Crippen LogP) is 4.48. The largest absolute Gasteiger partial charge is 0.493 e. The van der Waals surface area contributed by atoms with Crippen molar-refractivity contribution in [2.75, 3.05) is 52.2 Å². The minimum absolute atomic E-state index is 0.502. The summed E-state index contributed by atoms with van der Waals surface area (Å²) < 4.78 is 16.4. The van der Waals surface area contributed by atoms with E-state index in [9.17, 15) is 0 Å². The Morgan fingerprint density at radius 3 is 2.23 bits per heavy atom. The van der Waals surface area contributed by atoms with Gasteiger partial charge < -0.3 is 29.7 Å². The summed E-state index contributed by atoms with van der Waals surface area (Å²) in [6.07, 6.45) is 4.65. The highest BCUT2D eigenvalue weighted by molar-refractivity contribution is 5.90. The van der Waals surface area contributed by atoms with Crippen molar-refractivity contribution < 1.29 is 14.2 Å². The van der Waals surface area contributed by atoms with E-state index in [1.54, 1.807) is 21.3 Å². The molecule has 0 saturated heterocycles. The molecule has 2 N–H and O–H groups in total. The van der Waals surface area contributed by atoms with Crippen molar-refractivity contribution in [3.05, 3.63) is 42.0 Å². The Labute approximate surface area is 208 Å². The first-order valence-electron chi connectivity index (χ1n) is 12.2. The number of ether oxygens (including phenoxy) is 3. The molecule has 2 aromatic carbocycles. The summed E-state index contributed by atoms with van der Waals surface area (Å²) in [5.74, 6) is 4.26. The van der Waals surface area contributed by atoms with Crippen LogP contribution in [-0.4, -0.2) is 58.0 Å². The zero-order valence-electron chi connectivity index (χ0n) is 21.4. The van der Waals surface area contributed by atoms with Crippen molar-refractivity contribution >= 4 is 22.7 Å². The standard InChI is InChI=1S/C27H37N5O3/c1-32(2)26-21-8-6-7-9-22(21)30-27(31-26)29-16-18-10-12-20(13-11-18)28-17-19-14-23(33-3)25(35-5)24(15-19)34-4/h6-9,14-15,18,20,28H,10-13,16-17H2,1-5H3,(H,29,30,31)/t18-,20+. The molecule has 1 aliphatic carbocycles. The number of nitrogens with zero attached hydrogens (tertiary/aromatic N) is 3. The summed E-state index contributed by atoms with van der Waals surface area (Å²) in [6.45, 7) is 1.66. The second kappa shape index (κ2) is 11.4. The van der Waals surface area contributed by atoms with E-state index in [0.717, 1.165) is 48.2 Å². The zero-order chi connectivity index (χ0) is 24.8. The van der Waals surface area contributed by atoms with Crippen LogP contribution >= 0.6 is 0 Å². The highest BCUT2D eigenvalue weighted by atomic mass is 16.5. The monoisotopic (exact) mass is 479 g/mol. The van der Waals surface area contributed by atoms with Gasteiger partial charge in [-0.2, -0.15) is 4.98 Å². The Morgan fingerprint density at radius 2 is 1.60 bits per heavy atom. The fraction of sp³-hybridized carbons (Fsp3) is 0.481. The SMILES string of the molecule is COc1cc(CN[C@H]2CC[C@@H](CNc3nc(N(C)C)c4ccccc4n3)CC2)cc(OC)c1OC. The number of hydrogen-bond acceptors (Lipinski definition) is 8. The van der Waals surface area contributed by atoms with Gasteiger partial charge in [0.1, 0.15) is 5.82 Å². The van der Waals surface area contributed by atoms with Crippen molar-refractivity contribution in [3.8, 4) is 17.2 Å². The molecule has 1 saturated carbocycles. The average Bonchev–Trinajstić information content (AvgIpc) is 2.89. The van der Waals surface area contributed by atoms with Gasteiger partial charge in [0.2, 0.25) is 11.7 Å². The maximum absolute atomic E-state index is 5.48. The molecule has 0 radical (unpaired) electrons. The van der Waals surface area contributed by atoms with Gasteiger partial charge in [0.25, 0.3) is 0 Å². The molecule has 188 valence electrons. The molecule has 4 rings (SSSR count). The molecule has 0 amide bonds. The van der Waals surface area contributed by atoms with Crippen LogP contribution in [0.3, 0.4) is 0 Å². The number of nitrogens with one attached hydrogen (secondary N) is 2. The van der Waals surface area contributed by atoms with Gasteiger partial charge in [-0.3, -0.25) is 0 Å². The highest BCUT2D eigenvalue weighted by Gasteiger charge is 2.22. The van der Waals surface area contributed by atoms with Crippen LogP contribution in [0, 0.1) is 5.92 Å². The lowest BCUT2D eigenvalue weighted by Gasteiger charge is -2.29. The molecule has 0 spiro atoms. The lowest BCUT2D eigenvalue weighted by Crippen LogP contribution is -2.34. The number of benzene rings is 2. The van der Waals surface area contributed by atoms with E-state index >= 15 is 0 Å². The fourth-order valence-corrected chi connectivity index (χ4v) is 4.79. The third-order valence-corrected chi connectivity index (χ3v) is 6.72. The average molecular weight is 480 g/mol. The minimum atomic E-state index is 0.502. The van der Waals surface area contributed by atoms with E-state index in [4.69, 9.17) is 24.2 Å². The molecule has 1 fully saturated rings. The van der Waals surface area contributed by atoms with Gasteiger partial charge in [-0.25, -0.2) is 4.98 Å². The van der Waals surface area contributed by atoms with Gasteiger partial charge in [-0.15, -0.1) is 0 Å². The second-order valence-corrected chi connectivity index (χ2v) is 9.30. The predicted molar refractivity (Wildman–Crippen MR) is 141 cm³/mol. The van der Waals surface area contributed by atoms with Gasteiger partial charge in [0.05, 0.1) is 26.8 Å². The molecule has 3 aromatic rings. The molecule has 1 aliphatic rings. The van der Waals surface area contributed by atoms with E-state index in [-0.39, 0.29) is 0 Å². The summed E-state index contributed by atoms with van der Waals surface area (Å²) in [5, 5.41) is 8.28. The molecule has 8 heteroatoms. The Morgan fingerprint density at radius 1 is 0.914 bits per heavy atom. The van der Waals surface area contributed by atoms with Gasteiger partial charge in [0.15, 0.2) is 11.5 Å². The number of para-hydroxylation sites is 1. The Kier molecular flexibility index (Phi) is 8.13. The van der Waals surface area contributed by atoms with Crippen LogP contribution < -0.4 is 29.7 Å². The lowest BCUT2D eigenvalue weighted by atomic mass is 9.86. The summed E-state index contributed by atoms with van der Waals surface area (Å²) >= 11 is 0. The molecule has 1 heterocycles. The Bertz CT molecular complexity index is 1100. The second-order valence-electron chi connectivity index (χ2n) is 9.30. The molecule has 0 aliphatic heterocycles. The maximum atomic E-state index is 5.48. The Hall–Kier alpha value is -3.26. The van der Waals surface area contributed by atoms with Crippen LogP contribution in [0.25, 0.3) is 10.9 Å². The van der Waals surface area contributed by atoms with Gasteiger partial charge >= 0.3 is 0 Å². The number of methoxy groups -OCH3 is 3. The van der Waals surface area contributed by atoms with Gasteiger partial charge in [-0.05, 0) is 61.4 Å². The van der Waals surface area contributed by atoms with Crippen molar-refractivity contribution in [3.63, 3.8) is 0 Å². The molecule has 0 unspecified atom stereocenters. The van der Waals surface area contributed by atoms with Crippen molar-refractivity contribution in [1.29, 1.82) is 0 Å². The lowest BCUT2D eigenvalue weighted by molar-refractivity contribution is 0.298. The quantitative estimate of drug-likeness (QED) is 0.441. The van der Waals surface area contributed by atoms with E-state index in [0.29, 0.717) is 35.2 Å². The van der Waals surface area contributed by atoms with Crippen LogP contribution in [0.5, 0.6) is 17.2 Å². The number of aromatic nitrogens is 2. The van der Waals surface area contributed by atoms with Crippen LogP contribution in [0.1, 0.15) is 31.2 Å². The van der Waals surface area contributed by atoms with E-state index in [2.05, 4.69) is 16.7 Å². The first kappa shape index (κ1) is 24.9. The van der Waals surface area contributed by atoms with E-state index in [1.807, 2.05) is 49.3 Å². The summed E-state index contributed by atoms with van der Waals surface area (Å²) in [5.41, 5.74) is 2.09. The van der Waals surface area contributed by atoms with Crippen LogP contribution in [0.15, 0.2) is 36.4 Å². The molecule has 1 aromatic heterocycles. The van der Waals surface area contributed by atoms with Crippen molar-refractivity contribution in [2.24, 2.45) is 5.92 Å². The minimum Gasteiger partial charge on any atom is -0.493 e. The molecule has 0 bridgehead atoms. The van der Waals surface area contributed by atoms with Gasteiger partial charge in [-0.1, -0.05) is 12.1 Å². The van der Waals surface area contributed by atoms with Crippen molar-refractivity contribution in [1.82, 2.24) is 15.3 Å². The molecule has 35 heavy (non-hydrogen) atoms. The Balaban J connectivity index is 1.29.